The molecule has 18 heavy (non-hydrogen) atoms. The van der Waals surface area contributed by atoms with Crippen LogP contribution in [-0.2, 0) is 0 Å². The fraction of sp³-hybridized carbons (Fsp3) is 0.500. The Kier molecular flexibility index (Phi) is 3.73. The highest BCUT2D eigenvalue weighted by atomic mass is 35.5. The van der Waals surface area contributed by atoms with Gasteiger partial charge in [0.15, 0.2) is 0 Å². The van der Waals surface area contributed by atoms with Gasteiger partial charge in [-0.3, -0.25) is 0 Å². The molecule has 6 heteroatoms. The lowest BCUT2D eigenvalue weighted by Gasteiger charge is -2.14. The number of hydrogen-bond acceptors (Lipinski definition) is 2. The smallest absolute Gasteiger partial charge is 0.404 e. The van der Waals surface area contributed by atoms with E-state index in [0.29, 0.717) is 5.92 Å². The van der Waals surface area contributed by atoms with Crippen LogP contribution in [0.15, 0.2) is 18.2 Å². The Morgan fingerprint density at radius 3 is 2.56 bits per heavy atom. The zero-order valence-electron chi connectivity index (χ0n) is 9.51. The second-order valence-corrected chi connectivity index (χ2v) is 4.93. The molecule has 0 saturated heterocycles. The highest BCUT2D eigenvalue weighted by molar-refractivity contribution is 6.32. The van der Waals surface area contributed by atoms with E-state index in [9.17, 15) is 13.2 Å². The molecule has 0 bridgehead atoms. The summed E-state index contributed by atoms with van der Waals surface area (Å²) in [5, 5.41) is -0.0731. The van der Waals surface area contributed by atoms with E-state index in [1.165, 1.54) is 31.0 Å². The van der Waals surface area contributed by atoms with Gasteiger partial charge in [-0.1, -0.05) is 30.5 Å². The van der Waals surface area contributed by atoms with Crippen molar-refractivity contribution in [3.05, 3.63) is 28.8 Å². The summed E-state index contributed by atoms with van der Waals surface area (Å²) < 4.78 is 40.0. The van der Waals surface area contributed by atoms with Crippen LogP contribution >= 0.6 is 11.6 Å². The first-order valence-corrected chi connectivity index (χ1v) is 6.04. The lowest BCUT2D eigenvalue weighted by molar-refractivity contribution is -0.274. The molecule has 0 unspecified atom stereocenters. The highest BCUT2D eigenvalue weighted by Crippen LogP contribution is 2.38. The van der Waals surface area contributed by atoms with Crippen LogP contribution in [0.3, 0.4) is 0 Å². The van der Waals surface area contributed by atoms with Gasteiger partial charge in [0.1, 0.15) is 5.75 Å². The van der Waals surface area contributed by atoms with E-state index in [0.717, 1.165) is 12.0 Å². The number of benzene rings is 1. The summed E-state index contributed by atoms with van der Waals surface area (Å²) in [7, 11) is 0. The van der Waals surface area contributed by atoms with Crippen LogP contribution < -0.4 is 10.5 Å². The van der Waals surface area contributed by atoms with Crippen molar-refractivity contribution in [3.8, 4) is 5.75 Å². The molecule has 2 N–H and O–H groups in total. The number of ether oxygens (including phenoxy) is 1. The van der Waals surface area contributed by atoms with Crippen LogP contribution in [0.4, 0.5) is 13.2 Å². The van der Waals surface area contributed by atoms with Gasteiger partial charge in [-0.05, 0) is 30.0 Å². The van der Waals surface area contributed by atoms with Crippen LogP contribution in [-0.4, -0.2) is 6.36 Å². The van der Waals surface area contributed by atoms with Crippen LogP contribution in [0, 0.1) is 5.92 Å². The van der Waals surface area contributed by atoms with Crippen molar-refractivity contribution in [1.82, 2.24) is 0 Å². The van der Waals surface area contributed by atoms with Gasteiger partial charge in [-0.2, -0.15) is 0 Å². The third-order valence-electron chi connectivity index (χ3n) is 2.89. The molecule has 2 nitrogen and oxygen atoms in total. The molecule has 100 valence electrons. The molecular weight excluding hydrogens is 267 g/mol. The standard InChI is InChI=1S/C12H13ClF3NO/c13-9-6-8(10(17)5-7-1-2-7)3-4-11(9)18-12(14,15)16/h3-4,6-7,10H,1-2,5,17H2/t10-/m0/s1. The van der Waals surface area contributed by atoms with Gasteiger partial charge in [0.25, 0.3) is 0 Å². The third-order valence-corrected chi connectivity index (χ3v) is 3.19. The summed E-state index contributed by atoms with van der Waals surface area (Å²) in [5.74, 6) is 0.247. The first-order valence-electron chi connectivity index (χ1n) is 5.66. The lowest BCUT2D eigenvalue weighted by Crippen LogP contribution is -2.17. The molecule has 0 amide bonds. The monoisotopic (exact) mass is 279 g/mol. The van der Waals surface area contributed by atoms with E-state index in [-0.39, 0.29) is 11.1 Å². The number of halogens is 4. The minimum absolute atomic E-state index is 0.0731. The topological polar surface area (TPSA) is 35.2 Å². The average Bonchev–Trinajstić information content (AvgIpc) is 3.03. The highest BCUT2D eigenvalue weighted by Gasteiger charge is 2.32. The number of nitrogens with two attached hydrogens (primary N) is 1. The molecule has 0 heterocycles. The molecular formula is C12H13ClF3NO. The van der Waals surface area contributed by atoms with Crippen molar-refractivity contribution in [1.29, 1.82) is 0 Å². The number of rotatable bonds is 4. The van der Waals surface area contributed by atoms with E-state index >= 15 is 0 Å². The predicted octanol–water partition coefficient (Wildman–Crippen LogP) is 4.04. The number of alkyl halides is 3. The maximum Gasteiger partial charge on any atom is 0.573 e. The molecule has 0 radical (unpaired) electrons. The van der Waals surface area contributed by atoms with Gasteiger partial charge >= 0.3 is 6.36 Å². The molecule has 0 spiro atoms. The first kappa shape index (κ1) is 13.5. The zero-order chi connectivity index (χ0) is 13.3. The zero-order valence-corrected chi connectivity index (χ0v) is 10.3. The minimum atomic E-state index is -4.73. The second-order valence-electron chi connectivity index (χ2n) is 4.52. The van der Waals surface area contributed by atoms with Crippen molar-refractivity contribution in [3.63, 3.8) is 0 Å². The van der Waals surface area contributed by atoms with E-state index in [4.69, 9.17) is 17.3 Å². The fourth-order valence-corrected chi connectivity index (χ4v) is 2.03. The Balaban J connectivity index is 2.08. The molecule has 0 aliphatic heterocycles. The van der Waals surface area contributed by atoms with E-state index < -0.39 is 12.1 Å². The maximum atomic E-state index is 12.1. The quantitative estimate of drug-likeness (QED) is 0.903. The SMILES string of the molecule is N[C@@H](CC1CC1)c1ccc(OC(F)(F)F)c(Cl)c1. The summed E-state index contributed by atoms with van der Waals surface area (Å²) in [6.07, 6.45) is -1.54. The molecule has 2 rings (SSSR count). The molecule has 1 aromatic rings. The van der Waals surface area contributed by atoms with Crippen molar-refractivity contribution >= 4 is 11.6 Å². The molecule has 1 saturated carbocycles. The van der Waals surface area contributed by atoms with Crippen LogP contribution in [0.5, 0.6) is 5.75 Å². The Hall–Kier alpha value is -0.940. The van der Waals surface area contributed by atoms with Gasteiger partial charge < -0.3 is 10.5 Å². The normalized spacial score (nSPS) is 17.6. The molecule has 1 aromatic carbocycles. The first-order chi connectivity index (χ1) is 8.35. The molecule has 0 aromatic heterocycles. The van der Waals surface area contributed by atoms with Crippen LogP contribution in [0.1, 0.15) is 30.9 Å². The largest absolute Gasteiger partial charge is 0.573 e. The van der Waals surface area contributed by atoms with E-state index in [2.05, 4.69) is 4.74 Å². The Morgan fingerprint density at radius 1 is 1.39 bits per heavy atom. The third kappa shape index (κ3) is 3.78. The number of hydrogen-bond donors (Lipinski definition) is 1. The maximum absolute atomic E-state index is 12.1. The molecule has 1 aliphatic carbocycles. The van der Waals surface area contributed by atoms with Crippen molar-refractivity contribution < 1.29 is 17.9 Å². The molecule has 1 atom stereocenters. The summed E-state index contributed by atoms with van der Waals surface area (Å²) in [6.45, 7) is 0. The minimum Gasteiger partial charge on any atom is -0.404 e. The Labute approximate surface area is 108 Å². The van der Waals surface area contributed by atoms with E-state index in [1.807, 2.05) is 0 Å². The molecule has 1 aliphatic rings. The van der Waals surface area contributed by atoms with Gasteiger partial charge in [-0.25, -0.2) is 0 Å². The summed E-state index contributed by atoms with van der Waals surface area (Å²) in [6, 6.07) is 3.99. The van der Waals surface area contributed by atoms with Gasteiger partial charge in [0.05, 0.1) is 5.02 Å². The predicted molar refractivity (Wildman–Crippen MR) is 62.4 cm³/mol. The van der Waals surface area contributed by atoms with Gasteiger partial charge in [0.2, 0.25) is 0 Å². The van der Waals surface area contributed by atoms with E-state index in [1.54, 1.807) is 0 Å². The van der Waals surface area contributed by atoms with Crippen LogP contribution in [0.25, 0.3) is 0 Å². The second kappa shape index (κ2) is 4.97. The summed E-state index contributed by atoms with van der Waals surface area (Å²) >= 11 is 5.75. The lowest BCUT2D eigenvalue weighted by atomic mass is 10.0. The Bertz CT molecular complexity index is 432. The average molecular weight is 280 g/mol. The Morgan fingerprint density at radius 2 is 2.06 bits per heavy atom. The summed E-state index contributed by atoms with van der Waals surface area (Å²) in [5.41, 5.74) is 6.70. The van der Waals surface area contributed by atoms with Crippen molar-refractivity contribution in [2.45, 2.75) is 31.7 Å². The van der Waals surface area contributed by atoms with Crippen molar-refractivity contribution in [2.75, 3.05) is 0 Å². The summed E-state index contributed by atoms with van der Waals surface area (Å²) in [4.78, 5) is 0. The van der Waals surface area contributed by atoms with Gasteiger partial charge in [0, 0.05) is 6.04 Å². The fourth-order valence-electron chi connectivity index (χ4n) is 1.80. The van der Waals surface area contributed by atoms with Crippen molar-refractivity contribution in [2.24, 2.45) is 11.7 Å². The molecule has 1 fully saturated rings. The van der Waals surface area contributed by atoms with Crippen LogP contribution in [0.2, 0.25) is 5.02 Å². The van der Waals surface area contributed by atoms with Gasteiger partial charge in [-0.15, -0.1) is 13.2 Å².